The van der Waals surface area contributed by atoms with Crippen molar-refractivity contribution in [2.24, 2.45) is 11.7 Å². The first-order chi connectivity index (χ1) is 8.24. The van der Waals surface area contributed by atoms with Gasteiger partial charge >= 0.3 is 0 Å². The van der Waals surface area contributed by atoms with Gasteiger partial charge in [-0.3, -0.25) is 0 Å². The number of aryl methyl sites for hydroxylation is 1. The van der Waals surface area contributed by atoms with Gasteiger partial charge < -0.3 is 15.7 Å². The van der Waals surface area contributed by atoms with Crippen LogP contribution in [-0.4, -0.2) is 24.8 Å². The predicted octanol–water partition coefficient (Wildman–Crippen LogP) is 1.66. The molecule has 1 fully saturated rings. The molecule has 0 atom stereocenters. The highest BCUT2D eigenvalue weighted by Gasteiger charge is 2.20. The molecule has 1 aromatic carbocycles. The molecule has 1 heterocycles. The lowest BCUT2D eigenvalue weighted by atomic mass is 9.96. The molecular weight excluding hydrogens is 212 g/mol. The molecule has 3 heteroatoms. The van der Waals surface area contributed by atoms with Gasteiger partial charge in [-0.15, -0.1) is 0 Å². The Kier molecular flexibility index (Phi) is 4.02. The highest BCUT2D eigenvalue weighted by Crippen LogP contribution is 2.26. The van der Waals surface area contributed by atoms with Gasteiger partial charge in [0, 0.05) is 31.9 Å². The first-order valence-corrected chi connectivity index (χ1v) is 6.40. The average Bonchev–Trinajstić information content (AvgIpc) is 2.39. The van der Waals surface area contributed by atoms with E-state index in [1.165, 1.54) is 16.8 Å². The third kappa shape index (κ3) is 2.79. The lowest BCUT2D eigenvalue weighted by Gasteiger charge is -2.34. The number of hydrogen-bond donors (Lipinski definition) is 2. The number of anilines is 1. The van der Waals surface area contributed by atoms with E-state index in [0.29, 0.717) is 19.1 Å². The van der Waals surface area contributed by atoms with Crippen LogP contribution in [0.4, 0.5) is 5.69 Å². The van der Waals surface area contributed by atoms with Crippen LogP contribution in [0.1, 0.15) is 24.0 Å². The van der Waals surface area contributed by atoms with Crippen molar-refractivity contribution in [2.45, 2.75) is 26.3 Å². The van der Waals surface area contributed by atoms with Crippen molar-refractivity contribution in [2.75, 3.05) is 24.6 Å². The molecule has 17 heavy (non-hydrogen) atoms. The summed E-state index contributed by atoms with van der Waals surface area (Å²) in [5.41, 5.74) is 9.58. The summed E-state index contributed by atoms with van der Waals surface area (Å²) in [4.78, 5) is 2.40. The summed E-state index contributed by atoms with van der Waals surface area (Å²) in [5, 5.41) is 9.15. The number of nitrogens with zero attached hydrogens (tertiary/aromatic N) is 1. The van der Waals surface area contributed by atoms with Crippen LogP contribution >= 0.6 is 0 Å². The monoisotopic (exact) mass is 234 g/mol. The SMILES string of the molecule is Cc1ccc(N2CCC(CO)CC2)c(CN)c1. The molecule has 1 aromatic rings. The molecule has 1 aliphatic heterocycles. The lowest BCUT2D eigenvalue weighted by Crippen LogP contribution is -2.35. The molecule has 3 N–H and O–H groups in total. The summed E-state index contributed by atoms with van der Waals surface area (Å²) in [6.45, 7) is 5.08. The van der Waals surface area contributed by atoms with E-state index in [9.17, 15) is 0 Å². The Balaban J connectivity index is 2.12. The third-order valence-corrected chi connectivity index (χ3v) is 3.67. The minimum atomic E-state index is 0.325. The van der Waals surface area contributed by atoms with Crippen LogP contribution in [0.5, 0.6) is 0 Å². The van der Waals surface area contributed by atoms with Gasteiger partial charge in [-0.05, 0) is 37.3 Å². The molecule has 1 saturated heterocycles. The van der Waals surface area contributed by atoms with E-state index < -0.39 is 0 Å². The molecule has 0 aliphatic carbocycles. The van der Waals surface area contributed by atoms with Gasteiger partial charge in [0.15, 0.2) is 0 Å². The summed E-state index contributed by atoms with van der Waals surface area (Å²) in [6, 6.07) is 6.50. The predicted molar refractivity (Wildman–Crippen MR) is 71.1 cm³/mol. The smallest absolute Gasteiger partial charge is 0.0460 e. The van der Waals surface area contributed by atoms with Crippen molar-refractivity contribution in [3.05, 3.63) is 29.3 Å². The van der Waals surface area contributed by atoms with Gasteiger partial charge in [-0.25, -0.2) is 0 Å². The van der Waals surface area contributed by atoms with E-state index >= 15 is 0 Å². The highest BCUT2D eigenvalue weighted by molar-refractivity contribution is 5.55. The normalized spacial score (nSPS) is 17.5. The number of piperidine rings is 1. The Hall–Kier alpha value is -1.06. The van der Waals surface area contributed by atoms with Crippen molar-refractivity contribution < 1.29 is 5.11 Å². The number of benzene rings is 1. The van der Waals surface area contributed by atoms with Gasteiger partial charge in [0.05, 0.1) is 0 Å². The number of aliphatic hydroxyl groups excluding tert-OH is 1. The van der Waals surface area contributed by atoms with E-state index in [1.807, 2.05) is 0 Å². The fourth-order valence-electron chi connectivity index (χ4n) is 2.54. The van der Waals surface area contributed by atoms with Gasteiger partial charge in [-0.2, -0.15) is 0 Å². The fourth-order valence-corrected chi connectivity index (χ4v) is 2.54. The van der Waals surface area contributed by atoms with Crippen molar-refractivity contribution in [3.63, 3.8) is 0 Å². The second kappa shape index (κ2) is 5.52. The van der Waals surface area contributed by atoms with Crippen LogP contribution < -0.4 is 10.6 Å². The van der Waals surface area contributed by atoms with Gasteiger partial charge in [0.1, 0.15) is 0 Å². The number of rotatable bonds is 3. The Morgan fingerprint density at radius 1 is 1.35 bits per heavy atom. The van der Waals surface area contributed by atoms with Crippen LogP contribution in [0.3, 0.4) is 0 Å². The Morgan fingerprint density at radius 2 is 2.06 bits per heavy atom. The molecule has 0 aromatic heterocycles. The largest absolute Gasteiger partial charge is 0.396 e. The van der Waals surface area contributed by atoms with E-state index in [-0.39, 0.29) is 0 Å². The van der Waals surface area contributed by atoms with E-state index in [2.05, 4.69) is 30.0 Å². The second-order valence-corrected chi connectivity index (χ2v) is 4.95. The maximum atomic E-state index is 9.15. The molecule has 0 unspecified atom stereocenters. The van der Waals surface area contributed by atoms with E-state index in [0.717, 1.165) is 25.9 Å². The van der Waals surface area contributed by atoms with Gasteiger partial charge in [0.25, 0.3) is 0 Å². The van der Waals surface area contributed by atoms with Crippen LogP contribution in [-0.2, 0) is 6.54 Å². The lowest BCUT2D eigenvalue weighted by molar-refractivity contribution is 0.203. The summed E-state index contributed by atoms with van der Waals surface area (Å²) in [7, 11) is 0. The molecule has 0 spiro atoms. The summed E-state index contributed by atoms with van der Waals surface area (Å²) in [5.74, 6) is 0.484. The molecule has 0 radical (unpaired) electrons. The molecule has 1 aliphatic rings. The minimum absolute atomic E-state index is 0.325. The zero-order valence-corrected chi connectivity index (χ0v) is 10.5. The van der Waals surface area contributed by atoms with Gasteiger partial charge in [-0.1, -0.05) is 17.7 Å². The first kappa shape index (κ1) is 12.4. The molecule has 3 nitrogen and oxygen atoms in total. The Bertz CT molecular complexity index is 370. The zero-order valence-electron chi connectivity index (χ0n) is 10.5. The van der Waals surface area contributed by atoms with Crippen molar-refractivity contribution in [1.82, 2.24) is 0 Å². The molecule has 0 saturated carbocycles. The van der Waals surface area contributed by atoms with Crippen LogP contribution in [0, 0.1) is 12.8 Å². The Morgan fingerprint density at radius 3 is 2.65 bits per heavy atom. The number of nitrogens with two attached hydrogens (primary N) is 1. The topological polar surface area (TPSA) is 49.5 Å². The van der Waals surface area contributed by atoms with Gasteiger partial charge in [0.2, 0.25) is 0 Å². The van der Waals surface area contributed by atoms with Crippen molar-refractivity contribution >= 4 is 5.69 Å². The van der Waals surface area contributed by atoms with Crippen LogP contribution in [0.25, 0.3) is 0 Å². The number of hydrogen-bond acceptors (Lipinski definition) is 3. The second-order valence-electron chi connectivity index (χ2n) is 4.95. The molecule has 94 valence electrons. The summed E-state index contributed by atoms with van der Waals surface area (Å²) in [6.07, 6.45) is 2.16. The zero-order chi connectivity index (χ0) is 12.3. The van der Waals surface area contributed by atoms with Crippen molar-refractivity contribution in [1.29, 1.82) is 0 Å². The fraction of sp³-hybridized carbons (Fsp3) is 0.571. The minimum Gasteiger partial charge on any atom is -0.396 e. The van der Waals surface area contributed by atoms with Crippen LogP contribution in [0.2, 0.25) is 0 Å². The van der Waals surface area contributed by atoms with Crippen LogP contribution in [0.15, 0.2) is 18.2 Å². The molecular formula is C14H22N2O. The molecule has 2 rings (SSSR count). The highest BCUT2D eigenvalue weighted by atomic mass is 16.3. The van der Waals surface area contributed by atoms with Crippen molar-refractivity contribution in [3.8, 4) is 0 Å². The quantitative estimate of drug-likeness (QED) is 0.836. The summed E-state index contributed by atoms with van der Waals surface area (Å²) >= 11 is 0. The maximum Gasteiger partial charge on any atom is 0.0460 e. The van der Waals surface area contributed by atoms with E-state index in [4.69, 9.17) is 10.8 Å². The van der Waals surface area contributed by atoms with E-state index in [1.54, 1.807) is 0 Å². The third-order valence-electron chi connectivity index (χ3n) is 3.67. The summed E-state index contributed by atoms with van der Waals surface area (Å²) < 4.78 is 0. The molecule has 0 bridgehead atoms. The average molecular weight is 234 g/mol. The maximum absolute atomic E-state index is 9.15. The number of aliphatic hydroxyl groups is 1. The Labute approximate surface area is 103 Å². The molecule has 0 amide bonds. The standard InChI is InChI=1S/C14H22N2O/c1-11-2-3-14(13(8-11)9-15)16-6-4-12(10-17)5-7-16/h2-3,8,12,17H,4-7,9-10,15H2,1H3. The first-order valence-electron chi connectivity index (χ1n) is 6.40.